The first kappa shape index (κ1) is 16.1. The molecule has 0 aliphatic carbocycles. The minimum absolute atomic E-state index is 0.418. The standard InChI is InChI=1S/C12H8F6O2/c1-2-7-3-5-8(6-4-7)20-10(19)9(11(13,14)15)12(16,17)18/h2-6,9H,1H2. The third kappa shape index (κ3) is 4.01. The van der Waals surface area contributed by atoms with E-state index in [1.807, 2.05) is 0 Å². The molecule has 0 spiro atoms. The summed E-state index contributed by atoms with van der Waals surface area (Å²) in [5.41, 5.74) is 0.563. The highest BCUT2D eigenvalue weighted by atomic mass is 19.4. The molecule has 1 aromatic rings. The Balaban J connectivity index is 2.94. The van der Waals surface area contributed by atoms with Crippen LogP contribution in [-0.2, 0) is 4.79 Å². The van der Waals surface area contributed by atoms with E-state index in [0.717, 1.165) is 12.1 Å². The molecule has 0 saturated heterocycles. The number of hydrogen-bond acceptors (Lipinski definition) is 2. The molecule has 110 valence electrons. The van der Waals surface area contributed by atoms with Gasteiger partial charge in [0.1, 0.15) is 5.75 Å². The van der Waals surface area contributed by atoms with E-state index in [9.17, 15) is 31.1 Å². The predicted octanol–water partition coefficient (Wildman–Crippen LogP) is 3.98. The molecular formula is C12H8F6O2. The first-order chi connectivity index (χ1) is 9.05. The molecule has 0 fully saturated rings. The van der Waals surface area contributed by atoms with Crippen LogP contribution in [0.25, 0.3) is 6.08 Å². The van der Waals surface area contributed by atoms with Crippen molar-refractivity contribution >= 4 is 12.0 Å². The molecule has 0 aliphatic heterocycles. The van der Waals surface area contributed by atoms with Crippen LogP contribution in [0.2, 0.25) is 0 Å². The Morgan fingerprint density at radius 1 is 1.05 bits per heavy atom. The molecule has 0 saturated carbocycles. The highest BCUT2D eigenvalue weighted by Gasteiger charge is 2.62. The molecule has 20 heavy (non-hydrogen) atoms. The monoisotopic (exact) mass is 298 g/mol. The molecule has 0 heterocycles. The van der Waals surface area contributed by atoms with Crippen molar-refractivity contribution in [3.8, 4) is 5.75 Å². The molecule has 0 aliphatic rings. The van der Waals surface area contributed by atoms with Crippen LogP contribution in [0.3, 0.4) is 0 Å². The number of alkyl halides is 6. The number of ether oxygens (including phenoxy) is 1. The summed E-state index contributed by atoms with van der Waals surface area (Å²) in [4.78, 5) is 11.1. The Bertz CT molecular complexity index is 472. The summed E-state index contributed by atoms with van der Waals surface area (Å²) < 4.78 is 77.6. The van der Waals surface area contributed by atoms with Crippen LogP contribution in [0.1, 0.15) is 5.56 Å². The second kappa shape index (κ2) is 5.56. The third-order valence-electron chi connectivity index (χ3n) is 2.22. The van der Waals surface area contributed by atoms with Gasteiger partial charge in [-0.1, -0.05) is 24.8 Å². The lowest BCUT2D eigenvalue weighted by atomic mass is 10.1. The molecule has 0 aromatic heterocycles. The smallest absolute Gasteiger partial charge is 0.411 e. The minimum Gasteiger partial charge on any atom is -0.426 e. The number of benzene rings is 1. The lowest BCUT2D eigenvalue weighted by Crippen LogP contribution is -2.44. The molecule has 0 N–H and O–H groups in total. The van der Waals surface area contributed by atoms with Crippen LogP contribution in [0.15, 0.2) is 30.8 Å². The summed E-state index contributed by atoms with van der Waals surface area (Å²) in [5.74, 6) is -7.01. The third-order valence-corrected chi connectivity index (χ3v) is 2.22. The van der Waals surface area contributed by atoms with Crippen LogP contribution < -0.4 is 4.74 Å². The van der Waals surface area contributed by atoms with Gasteiger partial charge >= 0.3 is 18.3 Å². The molecule has 1 aromatic carbocycles. The van der Waals surface area contributed by atoms with Gasteiger partial charge in [-0.05, 0) is 17.7 Å². The maximum Gasteiger partial charge on any atom is 0.411 e. The van der Waals surface area contributed by atoms with E-state index in [2.05, 4.69) is 11.3 Å². The van der Waals surface area contributed by atoms with Crippen LogP contribution in [-0.4, -0.2) is 18.3 Å². The number of carbonyl (C=O) groups excluding carboxylic acids is 1. The Morgan fingerprint density at radius 3 is 1.85 bits per heavy atom. The lowest BCUT2D eigenvalue weighted by molar-refractivity contribution is -0.279. The SMILES string of the molecule is C=Cc1ccc(OC(=O)C(C(F)(F)F)C(F)(F)F)cc1. The van der Waals surface area contributed by atoms with Crippen molar-refractivity contribution in [1.82, 2.24) is 0 Å². The highest BCUT2D eigenvalue weighted by molar-refractivity contribution is 5.76. The van der Waals surface area contributed by atoms with E-state index in [-0.39, 0.29) is 0 Å². The quantitative estimate of drug-likeness (QED) is 0.479. The summed E-state index contributed by atoms with van der Waals surface area (Å²) >= 11 is 0. The average Bonchev–Trinajstić information content (AvgIpc) is 2.25. The Morgan fingerprint density at radius 2 is 1.50 bits per heavy atom. The van der Waals surface area contributed by atoms with Gasteiger partial charge in [-0.25, -0.2) is 0 Å². The fourth-order valence-electron chi connectivity index (χ4n) is 1.30. The van der Waals surface area contributed by atoms with Crippen LogP contribution >= 0.6 is 0 Å². The van der Waals surface area contributed by atoms with Gasteiger partial charge in [0.25, 0.3) is 0 Å². The zero-order valence-corrected chi connectivity index (χ0v) is 9.76. The van der Waals surface area contributed by atoms with Crippen LogP contribution in [0.4, 0.5) is 26.3 Å². The van der Waals surface area contributed by atoms with Crippen molar-refractivity contribution in [3.63, 3.8) is 0 Å². The summed E-state index contributed by atoms with van der Waals surface area (Å²) in [6, 6.07) is 4.79. The Kier molecular flexibility index (Phi) is 4.46. The maximum absolute atomic E-state index is 12.3. The van der Waals surface area contributed by atoms with Gasteiger partial charge in [-0.2, -0.15) is 26.3 Å². The van der Waals surface area contributed by atoms with Crippen LogP contribution in [0.5, 0.6) is 5.75 Å². The summed E-state index contributed by atoms with van der Waals surface area (Å²) in [7, 11) is 0. The molecule has 8 heteroatoms. The van der Waals surface area contributed by atoms with Gasteiger partial charge in [-0.15, -0.1) is 0 Å². The fourth-order valence-corrected chi connectivity index (χ4v) is 1.30. The average molecular weight is 298 g/mol. The van der Waals surface area contributed by atoms with E-state index in [1.165, 1.54) is 18.2 Å². The summed E-state index contributed by atoms with van der Waals surface area (Å²) in [6.07, 6.45) is -10.1. The number of carbonyl (C=O) groups is 1. The number of esters is 1. The fraction of sp³-hybridized carbons (Fsp3) is 0.250. The van der Waals surface area contributed by atoms with E-state index in [1.54, 1.807) is 0 Å². The van der Waals surface area contributed by atoms with Crippen molar-refractivity contribution in [2.45, 2.75) is 12.4 Å². The molecule has 2 nitrogen and oxygen atoms in total. The largest absolute Gasteiger partial charge is 0.426 e. The minimum atomic E-state index is -5.77. The topological polar surface area (TPSA) is 26.3 Å². The zero-order chi connectivity index (χ0) is 15.6. The second-order valence-electron chi connectivity index (χ2n) is 3.71. The molecule has 1 rings (SSSR count). The Labute approximate surface area is 109 Å². The molecule has 0 atom stereocenters. The molecule has 0 amide bonds. The predicted molar refractivity (Wildman–Crippen MR) is 57.8 cm³/mol. The van der Waals surface area contributed by atoms with Crippen molar-refractivity contribution in [2.24, 2.45) is 5.92 Å². The Hall–Kier alpha value is -1.99. The molecule has 0 unspecified atom stereocenters. The first-order valence-corrected chi connectivity index (χ1v) is 5.13. The second-order valence-corrected chi connectivity index (χ2v) is 3.71. The maximum atomic E-state index is 12.3. The van der Waals surface area contributed by atoms with Crippen molar-refractivity contribution in [3.05, 3.63) is 36.4 Å². The van der Waals surface area contributed by atoms with Gasteiger partial charge < -0.3 is 4.74 Å². The van der Waals surface area contributed by atoms with Gasteiger partial charge in [0.05, 0.1) is 0 Å². The number of halogens is 6. The van der Waals surface area contributed by atoms with Gasteiger partial charge in [0.2, 0.25) is 5.92 Å². The molecular weight excluding hydrogens is 290 g/mol. The first-order valence-electron chi connectivity index (χ1n) is 5.13. The molecule has 0 bridgehead atoms. The van der Waals surface area contributed by atoms with Crippen LogP contribution in [0, 0.1) is 5.92 Å². The zero-order valence-electron chi connectivity index (χ0n) is 9.76. The van der Waals surface area contributed by atoms with E-state index >= 15 is 0 Å². The lowest BCUT2D eigenvalue weighted by Gasteiger charge is -2.21. The normalized spacial score (nSPS) is 12.3. The highest BCUT2D eigenvalue weighted by Crippen LogP contribution is 2.40. The van der Waals surface area contributed by atoms with Crippen molar-refractivity contribution < 1.29 is 35.9 Å². The van der Waals surface area contributed by atoms with Gasteiger partial charge in [0.15, 0.2) is 0 Å². The van der Waals surface area contributed by atoms with Gasteiger partial charge in [0, 0.05) is 0 Å². The number of hydrogen-bond donors (Lipinski definition) is 0. The summed E-state index contributed by atoms with van der Waals surface area (Å²) in [6.45, 7) is 3.41. The van der Waals surface area contributed by atoms with E-state index in [4.69, 9.17) is 0 Å². The van der Waals surface area contributed by atoms with Crippen molar-refractivity contribution in [2.75, 3.05) is 0 Å². The van der Waals surface area contributed by atoms with Gasteiger partial charge in [-0.3, -0.25) is 4.79 Å². The van der Waals surface area contributed by atoms with E-state index in [0.29, 0.717) is 5.56 Å². The summed E-state index contributed by atoms with van der Waals surface area (Å²) in [5, 5.41) is 0. The van der Waals surface area contributed by atoms with E-state index < -0.39 is 30.0 Å². The van der Waals surface area contributed by atoms with Crippen molar-refractivity contribution in [1.29, 1.82) is 0 Å². The molecule has 0 radical (unpaired) electrons. The number of rotatable bonds is 3.